The summed E-state index contributed by atoms with van der Waals surface area (Å²) in [7, 11) is 0. The second-order valence-electron chi connectivity index (χ2n) is 12.2. The first-order valence-corrected chi connectivity index (χ1v) is 17.2. The van der Waals surface area contributed by atoms with Crippen molar-refractivity contribution in [3.05, 3.63) is 145 Å². The van der Waals surface area contributed by atoms with E-state index in [0.717, 1.165) is 17.0 Å². The van der Waals surface area contributed by atoms with Crippen LogP contribution in [0.5, 0.6) is 0 Å². The van der Waals surface area contributed by atoms with Crippen LogP contribution in [0, 0.1) is 0 Å². The summed E-state index contributed by atoms with van der Waals surface area (Å²) >= 11 is 3.80. The van der Waals surface area contributed by atoms with Crippen LogP contribution in [-0.4, -0.2) is 10.4 Å². The van der Waals surface area contributed by atoms with Crippen LogP contribution in [-0.2, 0) is 5.79 Å². The molecular formula is C40H28N4S2. The number of fused-ring (bicyclic) bond motifs is 10. The van der Waals surface area contributed by atoms with Crippen molar-refractivity contribution in [2.75, 3.05) is 0 Å². The molecule has 6 aromatic carbocycles. The topological polar surface area (TPSA) is 41.4 Å². The maximum Gasteiger partial charge on any atom is 0.171 e. The lowest BCUT2D eigenvalue weighted by Gasteiger charge is -2.42. The molecule has 2 unspecified atom stereocenters. The fourth-order valence-electron chi connectivity index (χ4n) is 7.37. The molecule has 0 spiro atoms. The molecule has 4 heterocycles. The highest BCUT2D eigenvalue weighted by Gasteiger charge is 2.37. The quantitative estimate of drug-likeness (QED) is 0.204. The van der Waals surface area contributed by atoms with Crippen LogP contribution in [0.3, 0.4) is 0 Å². The largest absolute Gasteiger partial charge is 0.335 e. The zero-order valence-electron chi connectivity index (χ0n) is 25.0. The van der Waals surface area contributed by atoms with E-state index in [1.54, 1.807) is 0 Å². The number of amidine groups is 1. The summed E-state index contributed by atoms with van der Waals surface area (Å²) in [4.78, 5) is 5.20. The zero-order valence-corrected chi connectivity index (χ0v) is 26.6. The van der Waals surface area contributed by atoms with E-state index in [9.17, 15) is 0 Å². The van der Waals surface area contributed by atoms with Gasteiger partial charge in [0.05, 0.1) is 11.0 Å². The summed E-state index contributed by atoms with van der Waals surface area (Å²) < 4.78 is 7.80. The van der Waals surface area contributed by atoms with Gasteiger partial charge in [0.2, 0.25) is 0 Å². The number of aromatic nitrogens is 1. The van der Waals surface area contributed by atoms with Gasteiger partial charge >= 0.3 is 0 Å². The minimum atomic E-state index is -0.683. The van der Waals surface area contributed by atoms with Crippen molar-refractivity contribution in [1.29, 1.82) is 0 Å². The molecule has 3 aromatic heterocycles. The Labute approximate surface area is 273 Å². The lowest BCUT2D eigenvalue weighted by Crippen LogP contribution is -2.61. The number of aliphatic imine (C=N–C) groups is 1. The Morgan fingerprint density at radius 3 is 2.20 bits per heavy atom. The Bertz CT molecular complexity index is 2670. The van der Waals surface area contributed by atoms with Crippen LogP contribution in [0.2, 0.25) is 0 Å². The molecule has 0 bridgehead atoms. The van der Waals surface area contributed by atoms with Crippen LogP contribution < -0.4 is 10.6 Å². The molecule has 10 rings (SSSR count). The molecule has 1 aliphatic heterocycles. The highest BCUT2D eigenvalue weighted by molar-refractivity contribution is 7.29. The van der Waals surface area contributed by atoms with E-state index in [4.69, 9.17) is 4.99 Å². The maximum atomic E-state index is 5.20. The SMILES string of the molecule is CC1(n2c3ccccc3c3cc4c(cc32)sc2ccc3c5ccccc5sc3c24)NC(c2ccccc2)=NC(c2ccccc2)N1. The van der Waals surface area contributed by atoms with Crippen molar-refractivity contribution < 1.29 is 0 Å². The minimum Gasteiger partial charge on any atom is -0.335 e. The lowest BCUT2D eigenvalue weighted by atomic mass is 10.1. The summed E-state index contributed by atoms with van der Waals surface area (Å²) in [5, 5.41) is 15.7. The first kappa shape index (κ1) is 26.2. The van der Waals surface area contributed by atoms with Gasteiger partial charge in [0.25, 0.3) is 0 Å². The Balaban J connectivity index is 1.24. The van der Waals surface area contributed by atoms with E-state index in [0.29, 0.717) is 0 Å². The van der Waals surface area contributed by atoms with Crippen LogP contribution in [0.1, 0.15) is 24.2 Å². The van der Waals surface area contributed by atoms with Gasteiger partial charge in [-0.15, -0.1) is 22.7 Å². The fraction of sp³-hybridized carbons (Fsp3) is 0.0750. The Hall–Kier alpha value is -5.01. The first-order chi connectivity index (χ1) is 22.6. The Kier molecular flexibility index (Phi) is 5.56. The van der Waals surface area contributed by atoms with Crippen molar-refractivity contribution in [1.82, 2.24) is 15.2 Å². The third kappa shape index (κ3) is 3.78. The molecule has 4 nitrogen and oxygen atoms in total. The number of hydrogen-bond acceptors (Lipinski definition) is 5. The number of hydrogen-bond donors (Lipinski definition) is 2. The lowest BCUT2D eigenvalue weighted by molar-refractivity contribution is 0.190. The molecule has 0 radical (unpaired) electrons. The average molecular weight is 629 g/mol. The normalized spacial score (nSPS) is 18.6. The average Bonchev–Trinajstić information content (AvgIpc) is 3.77. The summed E-state index contributed by atoms with van der Waals surface area (Å²) in [6.07, 6.45) is -0.229. The van der Waals surface area contributed by atoms with Gasteiger partial charge in [-0.25, -0.2) is 4.99 Å². The molecule has 220 valence electrons. The smallest absolute Gasteiger partial charge is 0.171 e. The summed E-state index contributed by atoms with van der Waals surface area (Å²) in [6, 6.07) is 48.0. The number of para-hydroxylation sites is 1. The standard InChI is InChI=1S/C40H28N4S2/c1-40(42-38(24-12-4-2-5-13-24)41-39(43-40)25-14-6-3-7-15-25)44-31-18-10-8-16-26(31)29-22-30-35(23-32(29)44)45-34-21-20-28-27-17-9-11-19-33(27)46-37(28)36(30)34/h2-23,38,42H,1H3,(H,41,43). The maximum absolute atomic E-state index is 5.20. The summed E-state index contributed by atoms with van der Waals surface area (Å²) in [5.74, 6) is 0.189. The second-order valence-corrected chi connectivity index (χ2v) is 14.4. The molecule has 1 aliphatic rings. The molecular weight excluding hydrogens is 601 g/mol. The Morgan fingerprint density at radius 2 is 1.35 bits per heavy atom. The van der Waals surface area contributed by atoms with Crippen molar-refractivity contribution in [3.8, 4) is 0 Å². The molecule has 0 saturated heterocycles. The van der Waals surface area contributed by atoms with Gasteiger partial charge < -0.3 is 9.88 Å². The van der Waals surface area contributed by atoms with E-state index in [2.05, 4.69) is 156 Å². The number of nitrogens with zero attached hydrogens (tertiary/aromatic N) is 2. The third-order valence-electron chi connectivity index (χ3n) is 9.42. The molecule has 2 atom stereocenters. The number of nitrogens with one attached hydrogen (secondary N) is 2. The van der Waals surface area contributed by atoms with Crippen molar-refractivity contribution in [2.45, 2.75) is 18.9 Å². The minimum absolute atomic E-state index is 0.229. The van der Waals surface area contributed by atoms with E-state index in [1.165, 1.54) is 62.2 Å². The van der Waals surface area contributed by atoms with Crippen molar-refractivity contribution >= 4 is 90.7 Å². The molecule has 0 fully saturated rings. The van der Waals surface area contributed by atoms with E-state index < -0.39 is 5.79 Å². The van der Waals surface area contributed by atoms with Crippen LogP contribution in [0.15, 0.2) is 138 Å². The van der Waals surface area contributed by atoms with Gasteiger partial charge in [-0.1, -0.05) is 103 Å². The summed E-state index contributed by atoms with van der Waals surface area (Å²) in [5.41, 5.74) is 4.56. The molecule has 0 amide bonds. The van der Waals surface area contributed by atoms with Crippen LogP contribution in [0.4, 0.5) is 0 Å². The van der Waals surface area contributed by atoms with E-state index in [1.807, 2.05) is 22.7 Å². The van der Waals surface area contributed by atoms with Gasteiger partial charge in [-0.2, -0.15) is 0 Å². The van der Waals surface area contributed by atoms with E-state index in [-0.39, 0.29) is 6.17 Å². The third-order valence-corrected chi connectivity index (χ3v) is 11.7. The highest BCUT2D eigenvalue weighted by atomic mass is 32.1. The second kappa shape index (κ2) is 9.74. The molecule has 0 saturated carbocycles. The fourth-order valence-corrected chi connectivity index (χ4v) is 9.83. The zero-order chi connectivity index (χ0) is 30.4. The highest BCUT2D eigenvalue weighted by Crippen LogP contribution is 2.47. The van der Waals surface area contributed by atoms with E-state index >= 15 is 0 Å². The van der Waals surface area contributed by atoms with Gasteiger partial charge in [0, 0.05) is 56.7 Å². The summed E-state index contributed by atoms with van der Waals surface area (Å²) in [6.45, 7) is 2.24. The number of thiophene rings is 2. The predicted octanol–water partition coefficient (Wildman–Crippen LogP) is 10.5. The van der Waals surface area contributed by atoms with Crippen molar-refractivity contribution in [3.63, 3.8) is 0 Å². The van der Waals surface area contributed by atoms with Gasteiger partial charge in [0.1, 0.15) is 12.0 Å². The first-order valence-electron chi connectivity index (χ1n) is 15.6. The molecule has 2 N–H and O–H groups in total. The molecule has 6 heteroatoms. The van der Waals surface area contributed by atoms with Gasteiger partial charge in [-0.05, 0) is 42.8 Å². The van der Waals surface area contributed by atoms with Crippen LogP contribution in [0.25, 0.3) is 62.2 Å². The van der Waals surface area contributed by atoms with Crippen LogP contribution >= 0.6 is 22.7 Å². The molecule has 46 heavy (non-hydrogen) atoms. The molecule has 0 aliphatic carbocycles. The Morgan fingerprint density at radius 1 is 0.609 bits per heavy atom. The molecule has 9 aromatic rings. The van der Waals surface area contributed by atoms with Gasteiger partial charge in [-0.3, -0.25) is 5.32 Å². The number of benzene rings is 6. The number of rotatable bonds is 3. The van der Waals surface area contributed by atoms with Crippen molar-refractivity contribution in [2.24, 2.45) is 4.99 Å². The monoisotopic (exact) mass is 628 g/mol. The predicted molar refractivity (Wildman–Crippen MR) is 197 cm³/mol. The van der Waals surface area contributed by atoms with Gasteiger partial charge in [0.15, 0.2) is 5.79 Å².